The number of ether oxygens (including phenoxy) is 1. The van der Waals surface area contributed by atoms with Crippen molar-refractivity contribution >= 4 is 5.97 Å². The molecule has 4 nitrogen and oxygen atoms in total. The Labute approximate surface area is 104 Å². The van der Waals surface area contributed by atoms with Crippen LogP contribution in [0.1, 0.15) is 45.4 Å². The second-order valence-electron chi connectivity index (χ2n) is 5.18. The van der Waals surface area contributed by atoms with Crippen LogP contribution in [0, 0.1) is 0 Å². The van der Waals surface area contributed by atoms with Crippen molar-refractivity contribution in [2.24, 2.45) is 0 Å². The molecule has 1 aliphatic rings. The summed E-state index contributed by atoms with van der Waals surface area (Å²) in [7, 11) is 1.86. The van der Waals surface area contributed by atoms with Crippen LogP contribution in [0.15, 0.2) is 0 Å². The molecular weight excluding hydrogens is 218 g/mol. The molecule has 100 valence electrons. The van der Waals surface area contributed by atoms with E-state index in [1.807, 2.05) is 11.9 Å². The van der Waals surface area contributed by atoms with E-state index in [9.17, 15) is 9.90 Å². The van der Waals surface area contributed by atoms with Gasteiger partial charge in [0, 0.05) is 6.54 Å². The van der Waals surface area contributed by atoms with Crippen LogP contribution in [0.2, 0.25) is 0 Å². The average Bonchev–Trinajstić information content (AvgIpc) is 2.64. The van der Waals surface area contributed by atoms with E-state index < -0.39 is 5.60 Å². The van der Waals surface area contributed by atoms with E-state index in [0.29, 0.717) is 13.2 Å². The molecule has 0 unspecified atom stereocenters. The molecule has 0 bridgehead atoms. The van der Waals surface area contributed by atoms with Gasteiger partial charge in [0.1, 0.15) is 0 Å². The molecule has 0 heterocycles. The Hall–Kier alpha value is -0.610. The molecule has 1 rings (SSSR count). The lowest BCUT2D eigenvalue weighted by atomic mass is 10.0. The third-order valence-electron chi connectivity index (χ3n) is 3.26. The Bertz CT molecular complexity index is 237. The summed E-state index contributed by atoms with van der Waals surface area (Å²) in [5.41, 5.74) is -0.585. The number of hydrogen-bond donors (Lipinski definition) is 1. The lowest BCUT2D eigenvalue weighted by Gasteiger charge is -2.27. The van der Waals surface area contributed by atoms with E-state index >= 15 is 0 Å². The third kappa shape index (κ3) is 5.50. The van der Waals surface area contributed by atoms with Crippen molar-refractivity contribution in [2.75, 3.05) is 26.7 Å². The van der Waals surface area contributed by atoms with E-state index in [1.165, 1.54) is 0 Å². The normalized spacial score (nSPS) is 18.6. The fraction of sp³-hybridized carbons (Fsp3) is 0.923. The quantitative estimate of drug-likeness (QED) is 0.544. The minimum atomic E-state index is -0.585. The van der Waals surface area contributed by atoms with Crippen LogP contribution in [0.4, 0.5) is 0 Å². The van der Waals surface area contributed by atoms with Gasteiger partial charge in [-0.15, -0.1) is 0 Å². The first-order valence-corrected chi connectivity index (χ1v) is 6.62. The molecule has 0 aromatic rings. The molecule has 0 saturated heterocycles. The first-order valence-electron chi connectivity index (χ1n) is 6.62. The molecule has 1 aliphatic carbocycles. The van der Waals surface area contributed by atoms with Crippen LogP contribution in [0.5, 0.6) is 0 Å². The first kappa shape index (κ1) is 14.5. The van der Waals surface area contributed by atoms with Gasteiger partial charge in [-0.25, -0.2) is 0 Å². The highest BCUT2D eigenvalue weighted by Gasteiger charge is 2.32. The summed E-state index contributed by atoms with van der Waals surface area (Å²) in [5, 5.41) is 10.2. The fourth-order valence-electron chi connectivity index (χ4n) is 2.35. The molecule has 0 amide bonds. The number of nitrogens with zero attached hydrogens (tertiary/aromatic N) is 1. The van der Waals surface area contributed by atoms with E-state index in [4.69, 9.17) is 4.74 Å². The van der Waals surface area contributed by atoms with Gasteiger partial charge in [0.2, 0.25) is 0 Å². The van der Waals surface area contributed by atoms with E-state index in [0.717, 1.165) is 38.5 Å². The maximum atomic E-state index is 11.5. The standard InChI is InChI=1S/C13H25NO3/c1-3-4-9-17-12(15)10-14(2)11-13(16)7-5-6-8-13/h16H,3-11H2,1-2H3. The molecule has 0 spiro atoms. The smallest absolute Gasteiger partial charge is 0.320 e. The number of unbranched alkanes of at least 4 members (excludes halogenated alkanes) is 1. The number of carbonyl (C=O) groups excluding carboxylic acids is 1. The zero-order chi connectivity index (χ0) is 12.7. The van der Waals surface area contributed by atoms with Gasteiger partial charge >= 0.3 is 5.97 Å². The van der Waals surface area contributed by atoms with Gasteiger partial charge in [-0.1, -0.05) is 26.2 Å². The van der Waals surface area contributed by atoms with Crippen molar-refractivity contribution in [1.82, 2.24) is 4.90 Å². The summed E-state index contributed by atoms with van der Waals surface area (Å²) in [6.07, 6.45) is 5.82. The van der Waals surface area contributed by atoms with Crippen molar-refractivity contribution in [3.8, 4) is 0 Å². The van der Waals surface area contributed by atoms with Crippen LogP contribution in [0.25, 0.3) is 0 Å². The lowest BCUT2D eigenvalue weighted by molar-refractivity contribution is -0.145. The number of aliphatic hydroxyl groups is 1. The molecule has 0 atom stereocenters. The van der Waals surface area contributed by atoms with Crippen LogP contribution < -0.4 is 0 Å². The van der Waals surface area contributed by atoms with Gasteiger partial charge < -0.3 is 9.84 Å². The largest absolute Gasteiger partial charge is 0.465 e. The Morgan fingerprint density at radius 3 is 2.65 bits per heavy atom. The second kappa shape index (κ2) is 6.97. The number of rotatable bonds is 7. The predicted octanol–water partition coefficient (Wildman–Crippen LogP) is 1.57. The maximum absolute atomic E-state index is 11.5. The highest BCUT2D eigenvalue weighted by molar-refractivity contribution is 5.71. The van der Waals surface area contributed by atoms with Gasteiger partial charge in [-0.3, -0.25) is 9.69 Å². The van der Waals surface area contributed by atoms with Crippen molar-refractivity contribution in [3.63, 3.8) is 0 Å². The summed E-state index contributed by atoms with van der Waals surface area (Å²) in [5.74, 6) is -0.192. The first-order chi connectivity index (χ1) is 8.06. The van der Waals surface area contributed by atoms with Crippen molar-refractivity contribution in [2.45, 2.75) is 51.0 Å². The third-order valence-corrected chi connectivity index (χ3v) is 3.26. The molecule has 1 N–H and O–H groups in total. The number of esters is 1. The number of likely N-dealkylation sites (N-methyl/N-ethyl adjacent to an activating group) is 1. The van der Waals surface area contributed by atoms with Gasteiger partial charge in [-0.05, 0) is 26.3 Å². The van der Waals surface area contributed by atoms with Gasteiger partial charge in [0.05, 0.1) is 18.8 Å². The van der Waals surface area contributed by atoms with Gasteiger partial charge in [0.15, 0.2) is 0 Å². The van der Waals surface area contributed by atoms with E-state index in [2.05, 4.69) is 6.92 Å². The fourth-order valence-corrected chi connectivity index (χ4v) is 2.35. The highest BCUT2D eigenvalue weighted by atomic mass is 16.5. The Balaban J connectivity index is 2.19. The Kier molecular flexibility index (Phi) is 5.92. The Morgan fingerprint density at radius 2 is 2.06 bits per heavy atom. The monoisotopic (exact) mass is 243 g/mol. The van der Waals surface area contributed by atoms with Crippen LogP contribution >= 0.6 is 0 Å². The van der Waals surface area contributed by atoms with Crippen LogP contribution in [-0.4, -0.2) is 48.3 Å². The molecule has 0 radical (unpaired) electrons. The maximum Gasteiger partial charge on any atom is 0.320 e. The highest BCUT2D eigenvalue weighted by Crippen LogP contribution is 2.29. The van der Waals surface area contributed by atoms with Crippen molar-refractivity contribution < 1.29 is 14.6 Å². The summed E-state index contributed by atoms with van der Waals surface area (Å²) in [6.45, 7) is 3.41. The minimum absolute atomic E-state index is 0.192. The SMILES string of the molecule is CCCCOC(=O)CN(C)CC1(O)CCCC1. The molecule has 17 heavy (non-hydrogen) atoms. The molecule has 0 aliphatic heterocycles. The van der Waals surface area contributed by atoms with Crippen LogP contribution in [-0.2, 0) is 9.53 Å². The zero-order valence-electron chi connectivity index (χ0n) is 11.1. The molecule has 1 saturated carbocycles. The average molecular weight is 243 g/mol. The van der Waals surface area contributed by atoms with Gasteiger partial charge in [-0.2, -0.15) is 0 Å². The molecule has 0 aromatic heterocycles. The molecular formula is C13H25NO3. The molecule has 0 aromatic carbocycles. The topological polar surface area (TPSA) is 49.8 Å². The Morgan fingerprint density at radius 1 is 1.41 bits per heavy atom. The van der Waals surface area contributed by atoms with Crippen molar-refractivity contribution in [1.29, 1.82) is 0 Å². The van der Waals surface area contributed by atoms with Crippen molar-refractivity contribution in [3.05, 3.63) is 0 Å². The van der Waals surface area contributed by atoms with Crippen LogP contribution in [0.3, 0.4) is 0 Å². The lowest BCUT2D eigenvalue weighted by Crippen LogP contribution is -2.41. The summed E-state index contributed by atoms with van der Waals surface area (Å²) >= 11 is 0. The zero-order valence-corrected chi connectivity index (χ0v) is 11.1. The molecule has 1 fully saturated rings. The van der Waals surface area contributed by atoms with E-state index in [1.54, 1.807) is 0 Å². The molecule has 4 heteroatoms. The second-order valence-corrected chi connectivity index (χ2v) is 5.18. The summed E-state index contributed by atoms with van der Waals surface area (Å²) < 4.78 is 5.09. The number of hydrogen-bond acceptors (Lipinski definition) is 4. The summed E-state index contributed by atoms with van der Waals surface area (Å²) in [6, 6.07) is 0. The van der Waals surface area contributed by atoms with E-state index in [-0.39, 0.29) is 12.5 Å². The number of carbonyl (C=O) groups is 1. The minimum Gasteiger partial charge on any atom is -0.465 e. The predicted molar refractivity (Wildman–Crippen MR) is 66.8 cm³/mol. The summed E-state index contributed by atoms with van der Waals surface area (Å²) in [4.78, 5) is 13.3. The van der Waals surface area contributed by atoms with Gasteiger partial charge in [0.25, 0.3) is 0 Å².